The van der Waals surface area contributed by atoms with Crippen molar-refractivity contribution in [3.8, 4) is 11.5 Å². The van der Waals surface area contributed by atoms with E-state index in [4.69, 9.17) is 0 Å². The molecule has 3 aromatic carbocycles. The number of aromatic hydroxyl groups is 2. The number of rotatable bonds is 2. The number of imidazole rings is 1. The predicted octanol–water partition coefficient (Wildman–Crippen LogP) is 3.17. The van der Waals surface area contributed by atoms with Crippen molar-refractivity contribution in [2.45, 2.75) is 0 Å². The number of hydrogen-bond donors (Lipinski definition) is 4. The monoisotopic (exact) mass is 319 g/mol. The molecule has 0 spiro atoms. The van der Waals surface area contributed by atoms with Gasteiger partial charge in [0.25, 0.3) is 0 Å². The number of aliphatic imine (C=N–C) groups is 1. The van der Waals surface area contributed by atoms with Crippen LogP contribution >= 0.6 is 0 Å². The van der Waals surface area contributed by atoms with E-state index >= 15 is 0 Å². The van der Waals surface area contributed by atoms with Gasteiger partial charge in [-0.25, -0.2) is 4.79 Å². The van der Waals surface area contributed by atoms with Crippen LogP contribution in [0.3, 0.4) is 0 Å². The number of fused-ring (bicyclic) bond motifs is 2. The van der Waals surface area contributed by atoms with Gasteiger partial charge in [0.15, 0.2) is 0 Å². The van der Waals surface area contributed by atoms with Gasteiger partial charge >= 0.3 is 5.69 Å². The van der Waals surface area contributed by atoms with Gasteiger partial charge in [0.1, 0.15) is 17.2 Å². The minimum absolute atomic E-state index is 0.0614. The van der Waals surface area contributed by atoms with E-state index in [1.807, 2.05) is 30.3 Å². The van der Waals surface area contributed by atoms with Crippen LogP contribution in [0.2, 0.25) is 0 Å². The van der Waals surface area contributed by atoms with E-state index < -0.39 is 0 Å². The molecule has 0 aliphatic carbocycles. The molecule has 4 rings (SSSR count). The number of hydrogen-bond acceptors (Lipinski definition) is 4. The number of aromatic nitrogens is 2. The summed E-state index contributed by atoms with van der Waals surface area (Å²) in [5, 5.41) is 22.0. The summed E-state index contributed by atoms with van der Waals surface area (Å²) in [6.07, 6.45) is 1.50. The Balaban J connectivity index is 1.85. The van der Waals surface area contributed by atoms with Crippen molar-refractivity contribution in [1.29, 1.82) is 0 Å². The first kappa shape index (κ1) is 14.1. The largest absolute Gasteiger partial charge is 0.507 e. The minimum Gasteiger partial charge on any atom is -0.507 e. The fourth-order valence-electron chi connectivity index (χ4n) is 2.72. The number of phenolic OH excluding ortho intramolecular Hbond substituents is 2. The van der Waals surface area contributed by atoms with E-state index in [1.165, 1.54) is 12.3 Å². The summed E-state index contributed by atoms with van der Waals surface area (Å²) in [6, 6.07) is 14.1. The molecule has 6 nitrogen and oxygen atoms in total. The molecule has 6 heteroatoms. The Morgan fingerprint density at radius 1 is 0.917 bits per heavy atom. The van der Waals surface area contributed by atoms with Crippen molar-refractivity contribution < 1.29 is 10.2 Å². The van der Waals surface area contributed by atoms with Crippen LogP contribution in [0.15, 0.2) is 58.3 Å². The van der Waals surface area contributed by atoms with Crippen LogP contribution in [-0.4, -0.2) is 26.4 Å². The number of benzene rings is 3. The molecule has 1 heterocycles. The first-order valence-electron chi connectivity index (χ1n) is 7.31. The van der Waals surface area contributed by atoms with Gasteiger partial charge < -0.3 is 20.2 Å². The second-order valence-electron chi connectivity index (χ2n) is 5.44. The molecule has 0 radical (unpaired) electrons. The van der Waals surface area contributed by atoms with E-state index in [1.54, 1.807) is 12.1 Å². The molecule has 0 unspecified atom stereocenters. The highest BCUT2D eigenvalue weighted by molar-refractivity contribution is 6.03. The Kier molecular flexibility index (Phi) is 3.09. The van der Waals surface area contributed by atoms with Crippen molar-refractivity contribution >= 4 is 33.7 Å². The molecule has 0 aliphatic rings. The van der Waals surface area contributed by atoms with E-state index in [-0.39, 0.29) is 17.2 Å². The zero-order valence-electron chi connectivity index (χ0n) is 12.4. The standard InChI is InChI=1S/C18H13N3O3/c22-16-6-5-10-3-1-2-4-11(10)12(16)9-19-15-7-13-14(8-17(15)23)21-18(24)20-13/h1-9,22-23H,(H2,20,21,24). The second-order valence-corrected chi connectivity index (χ2v) is 5.44. The summed E-state index contributed by atoms with van der Waals surface area (Å²) >= 11 is 0. The zero-order valence-corrected chi connectivity index (χ0v) is 12.4. The third-order valence-electron chi connectivity index (χ3n) is 3.89. The van der Waals surface area contributed by atoms with E-state index in [0.29, 0.717) is 22.3 Å². The molecule has 0 amide bonds. The van der Waals surface area contributed by atoms with Gasteiger partial charge in [0, 0.05) is 17.8 Å². The van der Waals surface area contributed by atoms with Crippen LogP contribution in [0, 0.1) is 0 Å². The zero-order chi connectivity index (χ0) is 16.7. The van der Waals surface area contributed by atoms with Gasteiger partial charge in [-0.15, -0.1) is 0 Å². The lowest BCUT2D eigenvalue weighted by atomic mass is 10.0. The Morgan fingerprint density at radius 2 is 1.67 bits per heavy atom. The van der Waals surface area contributed by atoms with Gasteiger partial charge in [-0.2, -0.15) is 0 Å². The van der Waals surface area contributed by atoms with Gasteiger partial charge in [0.2, 0.25) is 0 Å². The predicted molar refractivity (Wildman–Crippen MR) is 93.5 cm³/mol. The van der Waals surface area contributed by atoms with Crippen molar-refractivity contribution in [2.75, 3.05) is 0 Å². The lowest BCUT2D eigenvalue weighted by Gasteiger charge is -2.05. The second kappa shape index (κ2) is 5.27. The maximum absolute atomic E-state index is 11.3. The van der Waals surface area contributed by atoms with E-state index in [9.17, 15) is 15.0 Å². The number of aromatic amines is 2. The Hall–Kier alpha value is -3.54. The first-order chi connectivity index (χ1) is 11.6. The first-order valence-corrected chi connectivity index (χ1v) is 7.31. The van der Waals surface area contributed by atoms with Crippen LogP contribution in [0.4, 0.5) is 5.69 Å². The minimum atomic E-state index is -0.350. The fraction of sp³-hybridized carbons (Fsp3) is 0. The molecule has 1 aromatic heterocycles. The SMILES string of the molecule is O=c1[nH]c2cc(O)c(N=Cc3c(O)ccc4ccccc34)cc2[nH]1. The molecule has 0 aliphatic heterocycles. The summed E-state index contributed by atoms with van der Waals surface area (Å²) in [7, 11) is 0. The smallest absolute Gasteiger partial charge is 0.323 e. The average molecular weight is 319 g/mol. The van der Waals surface area contributed by atoms with E-state index in [0.717, 1.165) is 10.8 Å². The van der Waals surface area contributed by atoms with Crippen molar-refractivity contribution in [3.05, 3.63) is 64.6 Å². The van der Waals surface area contributed by atoms with Crippen LogP contribution in [-0.2, 0) is 0 Å². The third-order valence-corrected chi connectivity index (χ3v) is 3.89. The summed E-state index contributed by atoms with van der Waals surface area (Å²) in [4.78, 5) is 20.8. The Bertz CT molecular complexity index is 1160. The molecule has 0 saturated carbocycles. The topological polar surface area (TPSA) is 101 Å². The van der Waals surface area contributed by atoms with Crippen LogP contribution in [0.1, 0.15) is 5.56 Å². The van der Waals surface area contributed by atoms with Gasteiger partial charge in [0.05, 0.1) is 11.0 Å². The number of phenols is 2. The molecule has 118 valence electrons. The normalized spacial score (nSPS) is 11.7. The summed E-state index contributed by atoms with van der Waals surface area (Å²) < 4.78 is 0. The van der Waals surface area contributed by atoms with Gasteiger partial charge in [-0.05, 0) is 22.9 Å². The van der Waals surface area contributed by atoms with Crippen LogP contribution < -0.4 is 5.69 Å². The summed E-state index contributed by atoms with van der Waals surface area (Å²) in [5.41, 5.74) is 1.56. The fourth-order valence-corrected chi connectivity index (χ4v) is 2.72. The highest BCUT2D eigenvalue weighted by Crippen LogP contribution is 2.31. The van der Waals surface area contributed by atoms with Crippen molar-refractivity contribution in [3.63, 3.8) is 0 Å². The number of nitrogens with zero attached hydrogens (tertiary/aromatic N) is 1. The van der Waals surface area contributed by atoms with E-state index in [2.05, 4.69) is 15.0 Å². The Morgan fingerprint density at radius 3 is 2.50 bits per heavy atom. The van der Waals surface area contributed by atoms with Crippen LogP contribution in [0.25, 0.3) is 21.8 Å². The highest BCUT2D eigenvalue weighted by atomic mass is 16.3. The lowest BCUT2D eigenvalue weighted by Crippen LogP contribution is -1.99. The third kappa shape index (κ3) is 2.30. The molecular formula is C18H13N3O3. The molecule has 0 bridgehead atoms. The molecule has 0 fully saturated rings. The number of H-pyrrole nitrogens is 2. The molecular weight excluding hydrogens is 306 g/mol. The quantitative estimate of drug-likeness (QED) is 0.427. The van der Waals surface area contributed by atoms with Gasteiger partial charge in [-0.3, -0.25) is 4.99 Å². The molecule has 4 N–H and O–H groups in total. The summed E-state index contributed by atoms with van der Waals surface area (Å²) in [5.74, 6) is 0.0433. The molecule has 0 atom stereocenters. The summed E-state index contributed by atoms with van der Waals surface area (Å²) in [6.45, 7) is 0. The van der Waals surface area contributed by atoms with Crippen molar-refractivity contribution in [1.82, 2.24) is 9.97 Å². The molecule has 24 heavy (non-hydrogen) atoms. The Labute approximate surface area is 135 Å². The highest BCUT2D eigenvalue weighted by Gasteiger charge is 2.07. The molecule has 0 saturated heterocycles. The maximum atomic E-state index is 11.3. The lowest BCUT2D eigenvalue weighted by molar-refractivity contribution is 0.475. The van der Waals surface area contributed by atoms with Crippen LogP contribution in [0.5, 0.6) is 11.5 Å². The van der Waals surface area contributed by atoms with Gasteiger partial charge in [-0.1, -0.05) is 30.3 Å². The van der Waals surface area contributed by atoms with Crippen molar-refractivity contribution in [2.24, 2.45) is 4.99 Å². The number of nitrogens with one attached hydrogen (secondary N) is 2. The molecule has 4 aromatic rings. The average Bonchev–Trinajstić information content (AvgIpc) is 2.92. The maximum Gasteiger partial charge on any atom is 0.323 e.